The number of thiophene rings is 1. The first-order chi connectivity index (χ1) is 23.9. The quantitative estimate of drug-likeness (QED) is 0.202. The van der Waals surface area contributed by atoms with Gasteiger partial charge in [-0.2, -0.15) is 0 Å². The molecule has 1 aromatic carbocycles. The van der Waals surface area contributed by atoms with Crippen LogP contribution in [0.15, 0.2) is 54.2 Å². The third-order valence-corrected chi connectivity index (χ3v) is 11.6. The summed E-state index contributed by atoms with van der Waals surface area (Å²) >= 11 is 3.21. The van der Waals surface area contributed by atoms with Gasteiger partial charge in [0.05, 0.1) is 28.0 Å². The van der Waals surface area contributed by atoms with E-state index < -0.39 is 29.5 Å². The van der Waals surface area contributed by atoms with E-state index in [4.69, 9.17) is 23.8 Å². The van der Waals surface area contributed by atoms with Gasteiger partial charge in [-0.25, -0.2) is 19.6 Å². The van der Waals surface area contributed by atoms with Gasteiger partial charge in [-0.3, -0.25) is 0 Å². The Kier molecular flexibility index (Phi) is 8.76. The molecule has 0 aliphatic carbocycles. The van der Waals surface area contributed by atoms with Gasteiger partial charge in [0.25, 0.3) is 0 Å². The van der Waals surface area contributed by atoms with Crippen LogP contribution in [-0.2, 0) is 24.4 Å². The average molecular weight is 730 g/mol. The molecule has 0 saturated carbocycles. The Morgan fingerprint density at radius 1 is 0.902 bits per heavy atom. The van der Waals surface area contributed by atoms with Crippen LogP contribution < -0.4 is 5.32 Å². The number of amides is 2. The lowest BCUT2D eigenvalue weighted by Gasteiger charge is -2.34. The van der Waals surface area contributed by atoms with Crippen molar-refractivity contribution in [2.45, 2.75) is 84.7 Å². The minimum Gasteiger partial charge on any atom is -0.444 e. The highest BCUT2D eigenvalue weighted by Crippen LogP contribution is 2.49. The normalized spacial score (nSPS) is 20.7. The molecule has 268 valence electrons. The molecule has 3 aliphatic heterocycles. The van der Waals surface area contributed by atoms with Gasteiger partial charge in [0, 0.05) is 41.8 Å². The van der Waals surface area contributed by atoms with Crippen molar-refractivity contribution in [3.63, 3.8) is 0 Å². The average Bonchev–Trinajstić information content (AvgIpc) is 3.85. The number of thiazole rings is 1. The molecule has 1 N–H and O–H groups in total. The van der Waals surface area contributed by atoms with E-state index in [-0.39, 0.29) is 12.2 Å². The summed E-state index contributed by atoms with van der Waals surface area (Å²) in [5.74, 6) is 0. The number of pyridine rings is 1. The molecule has 1 saturated heterocycles. The molecule has 0 radical (unpaired) electrons. The van der Waals surface area contributed by atoms with Crippen molar-refractivity contribution in [2.24, 2.45) is 0 Å². The summed E-state index contributed by atoms with van der Waals surface area (Å²) in [4.78, 5) is 40.4. The number of nitrogens with one attached hydrogen (secondary N) is 1. The number of hydrogen-bond acceptors (Lipinski definition) is 11. The number of nitrogens with zero attached hydrogens (tertiary/aromatic N) is 4. The topological polar surface area (TPSA) is 115 Å². The van der Waals surface area contributed by atoms with Gasteiger partial charge >= 0.3 is 19.3 Å². The van der Waals surface area contributed by atoms with Crippen LogP contribution in [-0.4, -0.2) is 82.1 Å². The van der Waals surface area contributed by atoms with Crippen LogP contribution >= 0.6 is 22.7 Å². The first kappa shape index (κ1) is 35.4. The van der Waals surface area contributed by atoms with Gasteiger partial charge in [-0.05, 0) is 104 Å². The van der Waals surface area contributed by atoms with Crippen LogP contribution in [0.5, 0.6) is 0 Å². The van der Waals surface area contributed by atoms with E-state index in [0.29, 0.717) is 26.2 Å². The summed E-state index contributed by atoms with van der Waals surface area (Å²) in [6.45, 7) is 19.1. The zero-order chi connectivity index (χ0) is 36.5. The summed E-state index contributed by atoms with van der Waals surface area (Å²) in [6, 6.07) is 10.3. The van der Waals surface area contributed by atoms with Crippen LogP contribution in [0.4, 0.5) is 21.0 Å². The third-order valence-electron chi connectivity index (χ3n) is 9.19. The van der Waals surface area contributed by atoms with Crippen molar-refractivity contribution in [1.82, 2.24) is 19.8 Å². The van der Waals surface area contributed by atoms with E-state index in [2.05, 4.69) is 40.6 Å². The molecular formula is C37H44BN5O6S2. The molecule has 2 amide bonds. The highest BCUT2D eigenvalue weighted by atomic mass is 32.1. The number of ether oxygens (including phenoxy) is 2. The van der Waals surface area contributed by atoms with Gasteiger partial charge < -0.3 is 33.9 Å². The summed E-state index contributed by atoms with van der Waals surface area (Å²) in [5.41, 5.74) is 2.07. The molecule has 7 rings (SSSR count). The SMILES string of the molecule is CC(C)(C)OC(=O)N1CC=C(B2OC(C)(C)C(C)(c3nc4cc(Nc5ccnc6sc(C7=CCN(C(=O)OC(C)(C)C)C7)cc56)ccc4s3)O2)C1. The molecule has 11 nitrogen and oxygen atoms in total. The van der Waals surface area contributed by atoms with Gasteiger partial charge in [-0.15, -0.1) is 22.7 Å². The Hall–Kier alpha value is -3.98. The summed E-state index contributed by atoms with van der Waals surface area (Å²) in [5, 5.41) is 5.43. The number of benzene rings is 1. The van der Waals surface area contributed by atoms with E-state index in [9.17, 15) is 9.59 Å². The first-order valence-corrected chi connectivity index (χ1v) is 18.8. The van der Waals surface area contributed by atoms with E-state index in [1.54, 1.807) is 32.5 Å². The number of rotatable bonds is 5. The highest BCUT2D eigenvalue weighted by molar-refractivity contribution is 7.19. The van der Waals surface area contributed by atoms with Crippen molar-refractivity contribution in [3.8, 4) is 0 Å². The van der Waals surface area contributed by atoms with Crippen molar-refractivity contribution in [2.75, 3.05) is 31.5 Å². The molecule has 4 aromatic rings. The van der Waals surface area contributed by atoms with E-state index in [1.807, 2.05) is 80.7 Å². The Morgan fingerprint density at radius 2 is 1.59 bits per heavy atom. The summed E-state index contributed by atoms with van der Waals surface area (Å²) < 4.78 is 25.4. The monoisotopic (exact) mass is 729 g/mol. The lowest BCUT2D eigenvalue weighted by molar-refractivity contribution is -0.0133. The second-order valence-electron chi connectivity index (χ2n) is 15.9. The van der Waals surface area contributed by atoms with Crippen LogP contribution in [0, 0.1) is 0 Å². The number of aromatic nitrogens is 2. The minimum absolute atomic E-state index is 0.307. The second-order valence-corrected chi connectivity index (χ2v) is 17.9. The maximum Gasteiger partial charge on any atom is 0.492 e. The van der Waals surface area contributed by atoms with Crippen LogP contribution in [0.25, 0.3) is 26.0 Å². The zero-order valence-corrected chi connectivity index (χ0v) is 32.2. The molecule has 0 spiro atoms. The molecule has 1 atom stereocenters. The molecule has 3 aromatic heterocycles. The predicted molar refractivity (Wildman–Crippen MR) is 204 cm³/mol. The molecule has 14 heteroatoms. The molecule has 3 aliphatic rings. The lowest BCUT2D eigenvalue weighted by Crippen LogP contribution is -2.42. The fourth-order valence-corrected chi connectivity index (χ4v) is 8.45. The zero-order valence-electron chi connectivity index (χ0n) is 30.6. The van der Waals surface area contributed by atoms with Gasteiger partial charge in [-0.1, -0.05) is 12.2 Å². The minimum atomic E-state index is -0.826. The molecule has 0 bridgehead atoms. The van der Waals surface area contributed by atoms with Crippen LogP contribution in [0.1, 0.15) is 72.2 Å². The number of carbonyl (C=O) groups excluding carboxylic acids is 2. The van der Waals surface area contributed by atoms with Crippen molar-refractivity contribution in [3.05, 3.63) is 64.0 Å². The largest absolute Gasteiger partial charge is 0.492 e. The van der Waals surface area contributed by atoms with Crippen molar-refractivity contribution in [1.29, 1.82) is 0 Å². The molecular weight excluding hydrogens is 685 g/mol. The smallest absolute Gasteiger partial charge is 0.444 e. The van der Waals surface area contributed by atoms with Crippen molar-refractivity contribution >= 4 is 79.4 Å². The number of carbonyl (C=O) groups is 2. The molecule has 1 unspecified atom stereocenters. The number of hydrogen-bond donors (Lipinski definition) is 1. The predicted octanol–water partition coefficient (Wildman–Crippen LogP) is 8.53. The van der Waals surface area contributed by atoms with Crippen LogP contribution in [0.3, 0.4) is 0 Å². The van der Waals surface area contributed by atoms with Crippen LogP contribution in [0.2, 0.25) is 0 Å². The van der Waals surface area contributed by atoms with Gasteiger partial charge in [0.15, 0.2) is 0 Å². The third kappa shape index (κ3) is 7.11. The summed E-state index contributed by atoms with van der Waals surface area (Å²) in [7, 11) is -0.605. The second kappa shape index (κ2) is 12.6. The maximum absolute atomic E-state index is 12.7. The highest BCUT2D eigenvalue weighted by Gasteiger charge is 2.58. The fraction of sp³-hybridized carbons (Fsp3) is 0.459. The number of fused-ring (bicyclic) bond motifs is 2. The van der Waals surface area contributed by atoms with Crippen molar-refractivity contribution < 1.29 is 28.4 Å². The fourth-order valence-electron chi connectivity index (χ4n) is 6.20. The Labute approximate surface area is 306 Å². The van der Waals surface area contributed by atoms with E-state index in [1.165, 1.54) is 0 Å². The molecule has 1 fully saturated rings. The maximum atomic E-state index is 12.7. The Bertz CT molecular complexity index is 2090. The lowest BCUT2D eigenvalue weighted by atomic mass is 9.79. The van der Waals surface area contributed by atoms with Gasteiger partial charge in [0.1, 0.15) is 26.6 Å². The van der Waals surface area contributed by atoms with E-state index in [0.717, 1.165) is 52.7 Å². The standard InChI is InChI=1S/C37H44BN5O6S2/c1-34(2,3)46-32(44)42-16-13-22(20-42)29-19-25-26(12-15-39-30(25)50-29)40-24-10-11-28-27(18-24)41-31(51-28)37(9)36(7,8)48-38(49-37)23-14-17-43(21-23)33(45)47-35(4,5)6/h10-15,18-19H,16-17,20-21H2,1-9H3,(H,39,40). The first-order valence-electron chi connectivity index (χ1n) is 17.1. The van der Waals surface area contributed by atoms with E-state index >= 15 is 0 Å². The Balaban J connectivity index is 1.06. The number of anilines is 2. The summed E-state index contributed by atoms with van der Waals surface area (Å²) in [6.07, 6.45) is 5.22. The van der Waals surface area contributed by atoms with Gasteiger partial charge in [0.2, 0.25) is 0 Å². The molecule has 51 heavy (non-hydrogen) atoms. The molecule has 6 heterocycles. The Morgan fingerprint density at radius 3 is 2.29 bits per heavy atom.